The zero-order valence-corrected chi connectivity index (χ0v) is 16.9. The molecule has 0 spiro atoms. The molecule has 8 nitrogen and oxygen atoms in total. The Morgan fingerprint density at radius 1 is 1.31 bits per heavy atom. The summed E-state index contributed by atoms with van der Waals surface area (Å²) in [5, 5.41) is 35.6. The smallest absolute Gasteiger partial charge is 0.534 e. The van der Waals surface area contributed by atoms with E-state index < -0.39 is 19.3 Å². The van der Waals surface area contributed by atoms with Crippen molar-refractivity contribution in [2.24, 2.45) is 11.7 Å². The molecule has 9 heteroatoms. The van der Waals surface area contributed by atoms with E-state index in [-0.39, 0.29) is 23.3 Å². The number of para-hydroxylation sites is 1. The van der Waals surface area contributed by atoms with Gasteiger partial charge < -0.3 is 36.3 Å². The van der Waals surface area contributed by atoms with Gasteiger partial charge in [-0.3, -0.25) is 4.79 Å². The summed E-state index contributed by atoms with van der Waals surface area (Å²) in [5.41, 5.74) is 6.72. The second-order valence-corrected chi connectivity index (χ2v) is 8.40. The van der Waals surface area contributed by atoms with Gasteiger partial charge in [0.05, 0.1) is 5.94 Å². The van der Waals surface area contributed by atoms with Crippen LogP contribution in [0.3, 0.4) is 0 Å². The zero-order chi connectivity index (χ0) is 21.0. The largest absolute Gasteiger partial charge is 0.547 e. The molecule has 1 aromatic rings. The van der Waals surface area contributed by atoms with Gasteiger partial charge in [0, 0.05) is 30.6 Å². The van der Waals surface area contributed by atoms with Gasteiger partial charge in [-0.1, -0.05) is 18.2 Å². The van der Waals surface area contributed by atoms with Crippen LogP contribution < -0.4 is 21.0 Å². The van der Waals surface area contributed by atoms with E-state index in [1.807, 2.05) is 6.92 Å². The number of carbonyl (C=O) groups is 1. The van der Waals surface area contributed by atoms with E-state index in [4.69, 9.17) is 10.4 Å². The third kappa shape index (κ3) is 5.93. The molecule has 0 unspecified atom stereocenters. The number of hydrogen-bond donors (Lipinski definition) is 6. The van der Waals surface area contributed by atoms with E-state index in [0.717, 1.165) is 37.8 Å². The number of amides is 1. The van der Waals surface area contributed by atoms with Gasteiger partial charge in [-0.2, -0.15) is 0 Å². The average molecular weight is 405 g/mol. The molecule has 1 aromatic carbocycles. The van der Waals surface area contributed by atoms with Crippen LogP contribution in [0.4, 0.5) is 0 Å². The molecular weight excluding hydrogens is 373 g/mol. The van der Waals surface area contributed by atoms with Gasteiger partial charge in [0.2, 0.25) is 5.91 Å². The Morgan fingerprint density at radius 3 is 2.69 bits per heavy atom. The van der Waals surface area contributed by atoms with Crippen LogP contribution in [0.1, 0.15) is 56.4 Å². The standard InChI is InChI=1S/C20H32BN3O5/c1-12(22)11-23-15-7-5-13(6-8-15)9-18(25)24-17-10-14-3-2-4-16(20(26)27)19(14)29-21(17)28/h2-4,12-13,15,17,20,23,26-28H,5-11,22H2,1H3,(H,24,25)/t12-,13?,15?,17-/m0/s1. The topological polar surface area (TPSA) is 137 Å². The molecule has 0 radical (unpaired) electrons. The summed E-state index contributed by atoms with van der Waals surface area (Å²) in [6.45, 7) is 2.80. The zero-order valence-electron chi connectivity index (χ0n) is 16.9. The number of aliphatic hydroxyl groups excluding tert-OH is 1. The number of nitrogens with one attached hydrogen (secondary N) is 2. The Kier molecular flexibility index (Phi) is 7.53. The highest BCUT2D eigenvalue weighted by Gasteiger charge is 2.37. The second-order valence-electron chi connectivity index (χ2n) is 8.40. The quantitative estimate of drug-likeness (QED) is 0.277. The predicted octanol–water partition coefficient (Wildman–Crippen LogP) is -0.00510. The summed E-state index contributed by atoms with van der Waals surface area (Å²) in [4.78, 5) is 12.5. The molecule has 0 aromatic heterocycles. The van der Waals surface area contributed by atoms with Gasteiger partial charge in [-0.25, -0.2) is 0 Å². The number of carbonyl (C=O) groups excluding carboxylic acids is 1. The van der Waals surface area contributed by atoms with Gasteiger partial charge in [0.25, 0.3) is 0 Å². The van der Waals surface area contributed by atoms with E-state index in [2.05, 4.69) is 10.6 Å². The summed E-state index contributed by atoms with van der Waals surface area (Å²) < 4.78 is 5.49. The summed E-state index contributed by atoms with van der Waals surface area (Å²) in [6.07, 6.45) is 3.20. The van der Waals surface area contributed by atoms with Crippen molar-refractivity contribution in [2.75, 3.05) is 6.54 Å². The first-order valence-electron chi connectivity index (χ1n) is 10.4. The van der Waals surface area contributed by atoms with Crippen molar-refractivity contribution >= 4 is 13.0 Å². The molecule has 7 N–H and O–H groups in total. The molecule has 3 rings (SSSR count). The molecular formula is C20H32BN3O5. The van der Waals surface area contributed by atoms with Crippen LogP contribution in [0, 0.1) is 5.92 Å². The maximum atomic E-state index is 12.5. The lowest BCUT2D eigenvalue weighted by molar-refractivity contribution is -0.122. The highest BCUT2D eigenvalue weighted by atomic mass is 16.5. The van der Waals surface area contributed by atoms with Crippen LogP contribution >= 0.6 is 0 Å². The van der Waals surface area contributed by atoms with E-state index >= 15 is 0 Å². The van der Waals surface area contributed by atoms with Gasteiger partial charge in [-0.15, -0.1) is 0 Å². The third-order valence-corrected chi connectivity index (χ3v) is 5.82. The third-order valence-electron chi connectivity index (χ3n) is 5.82. The first kappa shape index (κ1) is 22.0. The van der Waals surface area contributed by atoms with Crippen molar-refractivity contribution in [3.05, 3.63) is 29.3 Å². The van der Waals surface area contributed by atoms with Gasteiger partial charge >= 0.3 is 7.12 Å². The molecule has 1 saturated carbocycles. The monoisotopic (exact) mass is 405 g/mol. The fraction of sp³-hybridized carbons (Fsp3) is 0.650. The lowest BCUT2D eigenvalue weighted by Crippen LogP contribution is -2.53. The predicted molar refractivity (Wildman–Crippen MR) is 110 cm³/mol. The molecule has 160 valence electrons. The Balaban J connectivity index is 1.48. The lowest BCUT2D eigenvalue weighted by Gasteiger charge is -2.31. The number of benzene rings is 1. The molecule has 0 bridgehead atoms. The van der Waals surface area contributed by atoms with Crippen LogP contribution in [0.25, 0.3) is 0 Å². The van der Waals surface area contributed by atoms with Crippen LogP contribution in [0.2, 0.25) is 0 Å². The Labute approximate surface area is 172 Å². The van der Waals surface area contributed by atoms with E-state index in [1.165, 1.54) is 6.07 Å². The van der Waals surface area contributed by atoms with Crippen molar-refractivity contribution in [1.82, 2.24) is 10.6 Å². The highest BCUT2D eigenvalue weighted by Crippen LogP contribution is 2.33. The highest BCUT2D eigenvalue weighted by molar-refractivity contribution is 6.46. The van der Waals surface area contributed by atoms with E-state index in [9.17, 15) is 20.0 Å². The molecule has 1 fully saturated rings. The summed E-state index contributed by atoms with van der Waals surface area (Å²) >= 11 is 0. The fourth-order valence-corrected chi connectivity index (χ4v) is 4.23. The first-order chi connectivity index (χ1) is 13.8. The van der Waals surface area contributed by atoms with E-state index in [0.29, 0.717) is 24.8 Å². The van der Waals surface area contributed by atoms with Crippen LogP contribution in [-0.2, 0) is 11.2 Å². The maximum Gasteiger partial charge on any atom is 0.547 e. The van der Waals surface area contributed by atoms with Crippen LogP contribution in [0.15, 0.2) is 18.2 Å². The minimum atomic E-state index is -1.68. The van der Waals surface area contributed by atoms with Crippen molar-refractivity contribution < 1.29 is 24.7 Å². The molecule has 2 aliphatic rings. The lowest BCUT2D eigenvalue weighted by atomic mass is 9.72. The number of nitrogens with two attached hydrogens (primary N) is 1. The number of aliphatic hydroxyl groups is 2. The fourth-order valence-electron chi connectivity index (χ4n) is 4.23. The van der Waals surface area contributed by atoms with Crippen molar-refractivity contribution in [2.45, 2.75) is 69.8 Å². The number of rotatable bonds is 7. The Morgan fingerprint density at radius 2 is 2.03 bits per heavy atom. The minimum absolute atomic E-state index is 0.0913. The summed E-state index contributed by atoms with van der Waals surface area (Å²) in [5.74, 6) is -0.0388. The molecule has 1 amide bonds. The number of hydrogen-bond acceptors (Lipinski definition) is 7. The first-order valence-corrected chi connectivity index (χ1v) is 10.4. The van der Waals surface area contributed by atoms with Crippen molar-refractivity contribution in [1.29, 1.82) is 0 Å². The van der Waals surface area contributed by atoms with Gasteiger partial charge in [-0.05, 0) is 50.5 Å². The number of fused-ring (bicyclic) bond motifs is 1. The van der Waals surface area contributed by atoms with Gasteiger partial charge in [0.15, 0.2) is 6.29 Å². The second kappa shape index (κ2) is 9.91. The molecule has 2 atom stereocenters. The van der Waals surface area contributed by atoms with Gasteiger partial charge in [0.1, 0.15) is 5.75 Å². The molecule has 1 aliphatic carbocycles. The summed E-state index contributed by atoms with van der Waals surface area (Å²) in [7, 11) is -1.23. The van der Waals surface area contributed by atoms with Crippen molar-refractivity contribution in [3.63, 3.8) is 0 Å². The molecule has 1 heterocycles. The van der Waals surface area contributed by atoms with E-state index in [1.54, 1.807) is 12.1 Å². The van der Waals surface area contributed by atoms with Crippen molar-refractivity contribution in [3.8, 4) is 5.75 Å². The van der Waals surface area contributed by atoms with Crippen LogP contribution in [-0.4, -0.2) is 52.8 Å². The molecule has 29 heavy (non-hydrogen) atoms. The molecule has 0 saturated heterocycles. The summed E-state index contributed by atoms with van der Waals surface area (Å²) in [6, 6.07) is 5.65. The Hall–Kier alpha value is -1.65. The Bertz CT molecular complexity index is 695. The maximum absolute atomic E-state index is 12.5. The normalized spacial score (nSPS) is 25.3. The molecule has 1 aliphatic heterocycles. The minimum Gasteiger partial charge on any atom is -0.534 e. The van der Waals surface area contributed by atoms with Crippen LogP contribution in [0.5, 0.6) is 5.75 Å². The average Bonchev–Trinajstić information content (AvgIpc) is 2.67. The SMILES string of the molecule is C[C@H](N)CNC1CCC(CC(=O)N[C@H]2Cc3cccc(C(O)O)c3OB2O)CC1.